The monoisotopic (exact) mass is 367 g/mol. The Labute approximate surface area is 152 Å². The number of oxime groups is 1. The van der Waals surface area contributed by atoms with Crippen molar-refractivity contribution in [3.8, 4) is 5.75 Å². The number of fused-ring (bicyclic) bond motifs is 3. The molecule has 0 spiro atoms. The molecule has 1 atom stereocenters. The predicted octanol–water partition coefficient (Wildman–Crippen LogP) is 4.04. The first-order valence-corrected chi connectivity index (χ1v) is 9.63. The number of aryl methyl sites for hydroxylation is 1. The van der Waals surface area contributed by atoms with E-state index in [1.54, 1.807) is 12.1 Å². The number of ether oxygens (including phenoxy) is 1. The van der Waals surface area contributed by atoms with E-state index in [0.717, 1.165) is 21.9 Å². The van der Waals surface area contributed by atoms with Crippen LogP contribution in [0.4, 0.5) is 0 Å². The summed E-state index contributed by atoms with van der Waals surface area (Å²) in [5.41, 5.74) is 2.17. The maximum Gasteiger partial charge on any atom is 0.358 e. The zero-order valence-corrected chi connectivity index (χ0v) is 15.2. The van der Waals surface area contributed by atoms with Crippen molar-refractivity contribution in [3.05, 3.63) is 71.8 Å². The third-order valence-corrected chi connectivity index (χ3v) is 5.50. The number of nitrogens with zero attached hydrogens (tertiary/aromatic N) is 1. The molecule has 0 N–H and O–H groups in total. The van der Waals surface area contributed by atoms with Crippen molar-refractivity contribution in [2.45, 2.75) is 24.8 Å². The average Bonchev–Trinajstić information content (AvgIpc) is 2.96. The van der Waals surface area contributed by atoms with E-state index in [2.05, 4.69) is 5.16 Å². The predicted molar refractivity (Wildman–Crippen MR) is 100 cm³/mol. The number of benzene rings is 3. The number of rotatable bonds is 3. The van der Waals surface area contributed by atoms with E-state index >= 15 is 0 Å². The van der Waals surface area contributed by atoms with E-state index in [1.165, 1.54) is 12.1 Å². The molecular formula is C20H17NO4S. The lowest BCUT2D eigenvalue weighted by Crippen LogP contribution is -2.17. The van der Waals surface area contributed by atoms with Gasteiger partial charge in [0.05, 0.1) is 0 Å². The summed E-state index contributed by atoms with van der Waals surface area (Å²) in [6.07, 6.45) is -0.399. The highest BCUT2D eigenvalue weighted by Gasteiger charge is 2.30. The summed E-state index contributed by atoms with van der Waals surface area (Å²) in [6, 6.07) is 18.1. The molecule has 0 aromatic heterocycles. The zero-order chi connectivity index (χ0) is 18.3. The first-order chi connectivity index (χ1) is 12.5. The van der Waals surface area contributed by atoms with Gasteiger partial charge in [-0.05, 0) is 37.4 Å². The van der Waals surface area contributed by atoms with Gasteiger partial charge in [0.25, 0.3) is 0 Å². The Hall–Kier alpha value is -2.86. The molecule has 5 nitrogen and oxygen atoms in total. The smallest absolute Gasteiger partial charge is 0.358 e. The molecule has 0 aliphatic carbocycles. The van der Waals surface area contributed by atoms with Crippen LogP contribution >= 0.6 is 0 Å². The summed E-state index contributed by atoms with van der Waals surface area (Å²) < 4.78 is 35.6. The minimum atomic E-state index is -3.98. The fourth-order valence-electron chi connectivity index (χ4n) is 2.98. The molecule has 1 heterocycles. The molecule has 26 heavy (non-hydrogen) atoms. The summed E-state index contributed by atoms with van der Waals surface area (Å²) >= 11 is 0. The molecule has 0 amide bonds. The Balaban J connectivity index is 1.71. The number of hydrogen-bond acceptors (Lipinski definition) is 5. The van der Waals surface area contributed by atoms with Gasteiger partial charge in [0.1, 0.15) is 22.5 Å². The SMILES string of the molecule is Cc1ccc(S(=O)(=O)ON=C2c3ccc4ccccc4c3OC2C)cc1. The Morgan fingerprint density at radius 2 is 1.73 bits per heavy atom. The van der Waals surface area contributed by atoms with Crippen LogP contribution < -0.4 is 4.74 Å². The van der Waals surface area contributed by atoms with Crippen LogP contribution in [0.3, 0.4) is 0 Å². The summed E-state index contributed by atoms with van der Waals surface area (Å²) in [4.78, 5) is 0.0674. The summed E-state index contributed by atoms with van der Waals surface area (Å²) in [5, 5.41) is 5.94. The topological polar surface area (TPSA) is 65.0 Å². The standard InChI is InChI=1S/C20H17NO4S/c1-13-7-10-16(11-8-13)26(22,23)25-21-19-14(2)24-20-17-6-4-3-5-15(17)9-12-18(19)20/h3-12,14H,1-2H3. The summed E-state index contributed by atoms with van der Waals surface area (Å²) in [5.74, 6) is 0.700. The zero-order valence-electron chi connectivity index (χ0n) is 14.3. The van der Waals surface area contributed by atoms with Crippen molar-refractivity contribution in [3.63, 3.8) is 0 Å². The van der Waals surface area contributed by atoms with Crippen LogP contribution in [0, 0.1) is 6.92 Å². The lowest BCUT2D eigenvalue weighted by Gasteiger charge is -2.05. The van der Waals surface area contributed by atoms with Crippen LogP contribution in [0.15, 0.2) is 70.7 Å². The average molecular weight is 367 g/mol. The quantitative estimate of drug-likeness (QED) is 0.656. The molecule has 3 aromatic rings. The molecule has 6 heteroatoms. The Morgan fingerprint density at radius 3 is 2.50 bits per heavy atom. The highest BCUT2D eigenvalue weighted by molar-refractivity contribution is 7.86. The molecule has 132 valence electrons. The lowest BCUT2D eigenvalue weighted by molar-refractivity contribution is 0.294. The molecule has 1 aliphatic rings. The first-order valence-electron chi connectivity index (χ1n) is 8.23. The summed E-state index contributed by atoms with van der Waals surface area (Å²) in [6.45, 7) is 3.70. The van der Waals surface area contributed by atoms with Gasteiger partial charge in [-0.1, -0.05) is 53.2 Å². The highest BCUT2D eigenvalue weighted by atomic mass is 32.2. The van der Waals surface area contributed by atoms with Gasteiger partial charge in [-0.15, -0.1) is 0 Å². The van der Waals surface area contributed by atoms with Crippen molar-refractivity contribution >= 4 is 26.6 Å². The lowest BCUT2D eigenvalue weighted by atomic mass is 10.0. The molecule has 3 aromatic carbocycles. The van der Waals surface area contributed by atoms with Crippen LogP contribution in [0.5, 0.6) is 5.75 Å². The minimum Gasteiger partial charge on any atom is -0.483 e. The molecule has 0 radical (unpaired) electrons. The first kappa shape index (κ1) is 16.6. The second kappa shape index (κ2) is 6.14. The van der Waals surface area contributed by atoms with Gasteiger partial charge < -0.3 is 4.74 Å². The second-order valence-electron chi connectivity index (χ2n) is 6.24. The Bertz CT molecular complexity index is 1120. The largest absolute Gasteiger partial charge is 0.483 e. The molecule has 4 rings (SSSR count). The van der Waals surface area contributed by atoms with Gasteiger partial charge in [-0.2, -0.15) is 8.42 Å². The van der Waals surface area contributed by atoms with Crippen molar-refractivity contribution in [1.29, 1.82) is 0 Å². The van der Waals surface area contributed by atoms with E-state index in [0.29, 0.717) is 11.5 Å². The van der Waals surface area contributed by atoms with E-state index < -0.39 is 16.2 Å². The fraction of sp³-hybridized carbons (Fsp3) is 0.150. The van der Waals surface area contributed by atoms with Gasteiger partial charge in [0.2, 0.25) is 0 Å². The third-order valence-electron chi connectivity index (χ3n) is 4.38. The molecule has 0 fully saturated rings. The van der Waals surface area contributed by atoms with Crippen LogP contribution in [0.25, 0.3) is 10.8 Å². The van der Waals surface area contributed by atoms with Crippen molar-refractivity contribution in [2.75, 3.05) is 0 Å². The molecule has 0 bridgehead atoms. The van der Waals surface area contributed by atoms with E-state index in [-0.39, 0.29) is 4.90 Å². The normalized spacial score (nSPS) is 17.9. The van der Waals surface area contributed by atoms with Crippen LogP contribution in [-0.4, -0.2) is 20.2 Å². The minimum absolute atomic E-state index is 0.0674. The Morgan fingerprint density at radius 1 is 1.00 bits per heavy atom. The van der Waals surface area contributed by atoms with E-state index in [1.807, 2.05) is 50.2 Å². The van der Waals surface area contributed by atoms with E-state index in [4.69, 9.17) is 9.02 Å². The van der Waals surface area contributed by atoms with Crippen molar-refractivity contribution in [1.82, 2.24) is 0 Å². The van der Waals surface area contributed by atoms with Gasteiger partial charge >= 0.3 is 10.1 Å². The third kappa shape index (κ3) is 2.82. The molecule has 0 saturated carbocycles. The Kier molecular flexibility index (Phi) is 3.92. The maximum atomic E-state index is 12.4. The van der Waals surface area contributed by atoms with Gasteiger partial charge in [-0.3, -0.25) is 4.28 Å². The van der Waals surface area contributed by atoms with Crippen LogP contribution in [-0.2, 0) is 14.4 Å². The van der Waals surface area contributed by atoms with Crippen molar-refractivity contribution < 1.29 is 17.4 Å². The van der Waals surface area contributed by atoms with E-state index in [9.17, 15) is 8.42 Å². The second-order valence-corrected chi connectivity index (χ2v) is 7.77. The highest BCUT2D eigenvalue weighted by Crippen LogP contribution is 2.36. The van der Waals surface area contributed by atoms with Gasteiger partial charge in [0, 0.05) is 10.9 Å². The molecular weight excluding hydrogens is 350 g/mol. The maximum absolute atomic E-state index is 12.4. The fourth-order valence-corrected chi connectivity index (χ4v) is 3.72. The van der Waals surface area contributed by atoms with Crippen LogP contribution in [0.2, 0.25) is 0 Å². The summed E-state index contributed by atoms with van der Waals surface area (Å²) in [7, 11) is -3.98. The van der Waals surface area contributed by atoms with Gasteiger partial charge in [-0.25, -0.2) is 0 Å². The number of hydrogen-bond donors (Lipinski definition) is 0. The van der Waals surface area contributed by atoms with Gasteiger partial charge in [0.15, 0.2) is 0 Å². The van der Waals surface area contributed by atoms with Crippen LogP contribution in [0.1, 0.15) is 18.1 Å². The molecule has 0 saturated heterocycles. The van der Waals surface area contributed by atoms with Crippen molar-refractivity contribution in [2.24, 2.45) is 5.16 Å². The molecule has 1 aliphatic heterocycles. The molecule has 1 unspecified atom stereocenters.